The second-order valence-corrected chi connectivity index (χ2v) is 7.12. The first kappa shape index (κ1) is 19.1. The van der Waals surface area contributed by atoms with E-state index in [2.05, 4.69) is 5.32 Å². The Bertz CT molecular complexity index is 586. The van der Waals surface area contributed by atoms with Crippen molar-refractivity contribution in [1.29, 1.82) is 0 Å². The third-order valence-electron chi connectivity index (χ3n) is 4.48. The molecule has 1 aromatic carbocycles. The largest absolute Gasteiger partial charge is 0.355 e. The molecule has 0 atom stereocenters. The standard InChI is InChI=1S/C18H24Cl2N2O2/c1-22(12-14-8-5-9-15(19)17(14)20)16(23)10-11-21-18(24)13-6-3-2-4-7-13/h5,8-9,13H,2-4,6-7,10-12H2,1H3,(H,21,24). The number of benzene rings is 1. The van der Waals surface area contributed by atoms with Crippen LogP contribution in [0.4, 0.5) is 0 Å². The van der Waals surface area contributed by atoms with Crippen molar-refractivity contribution in [3.8, 4) is 0 Å². The lowest BCUT2D eigenvalue weighted by atomic mass is 9.89. The Morgan fingerprint density at radius 2 is 1.92 bits per heavy atom. The molecule has 0 spiro atoms. The highest BCUT2D eigenvalue weighted by molar-refractivity contribution is 6.42. The van der Waals surface area contributed by atoms with Crippen LogP contribution in [0.15, 0.2) is 18.2 Å². The molecule has 1 aliphatic rings. The molecule has 0 aromatic heterocycles. The van der Waals surface area contributed by atoms with E-state index >= 15 is 0 Å². The van der Waals surface area contributed by atoms with Crippen LogP contribution in [0.3, 0.4) is 0 Å². The molecule has 1 N–H and O–H groups in total. The summed E-state index contributed by atoms with van der Waals surface area (Å²) in [4.78, 5) is 25.9. The zero-order valence-corrected chi connectivity index (χ0v) is 15.5. The average molecular weight is 371 g/mol. The topological polar surface area (TPSA) is 49.4 Å². The van der Waals surface area contributed by atoms with Crippen molar-refractivity contribution in [2.75, 3.05) is 13.6 Å². The van der Waals surface area contributed by atoms with E-state index in [9.17, 15) is 9.59 Å². The number of halogens is 2. The molecule has 4 nitrogen and oxygen atoms in total. The molecular formula is C18H24Cl2N2O2. The lowest BCUT2D eigenvalue weighted by molar-refractivity contribution is -0.130. The average Bonchev–Trinajstić information content (AvgIpc) is 2.59. The van der Waals surface area contributed by atoms with Crippen LogP contribution in [0.5, 0.6) is 0 Å². The molecule has 0 aliphatic heterocycles. The predicted molar refractivity (Wildman–Crippen MR) is 97.1 cm³/mol. The number of hydrogen-bond acceptors (Lipinski definition) is 2. The molecule has 0 heterocycles. The summed E-state index contributed by atoms with van der Waals surface area (Å²) in [6.07, 6.45) is 5.69. The smallest absolute Gasteiger partial charge is 0.224 e. The Kier molecular flexibility index (Phi) is 7.38. The highest BCUT2D eigenvalue weighted by Crippen LogP contribution is 2.26. The highest BCUT2D eigenvalue weighted by Gasteiger charge is 2.21. The number of amides is 2. The van der Waals surface area contributed by atoms with Gasteiger partial charge in [-0.2, -0.15) is 0 Å². The van der Waals surface area contributed by atoms with Gasteiger partial charge >= 0.3 is 0 Å². The highest BCUT2D eigenvalue weighted by atomic mass is 35.5. The Morgan fingerprint density at radius 1 is 1.21 bits per heavy atom. The first-order chi connectivity index (χ1) is 11.5. The number of carbonyl (C=O) groups excluding carboxylic acids is 2. The first-order valence-electron chi connectivity index (χ1n) is 8.43. The molecular weight excluding hydrogens is 347 g/mol. The SMILES string of the molecule is CN(Cc1cccc(Cl)c1Cl)C(=O)CCNC(=O)C1CCCCC1. The van der Waals surface area contributed by atoms with E-state index < -0.39 is 0 Å². The van der Waals surface area contributed by atoms with E-state index in [1.807, 2.05) is 12.1 Å². The molecule has 1 fully saturated rings. The molecule has 1 aromatic rings. The van der Waals surface area contributed by atoms with Gasteiger partial charge in [0, 0.05) is 32.5 Å². The van der Waals surface area contributed by atoms with Gasteiger partial charge in [-0.3, -0.25) is 9.59 Å². The molecule has 1 aliphatic carbocycles. The predicted octanol–water partition coefficient (Wildman–Crippen LogP) is 4.04. The number of nitrogens with one attached hydrogen (secondary N) is 1. The minimum Gasteiger partial charge on any atom is -0.355 e. The van der Waals surface area contributed by atoms with E-state index in [0.29, 0.717) is 23.1 Å². The Hall–Kier alpha value is -1.26. The van der Waals surface area contributed by atoms with Crippen LogP contribution in [0.2, 0.25) is 10.0 Å². The molecule has 0 radical (unpaired) electrons. The van der Waals surface area contributed by atoms with Crippen LogP contribution in [-0.4, -0.2) is 30.3 Å². The van der Waals surface area contributed by atoms with Gasteiger partial charge in [0.2, 0.25) is 11.8 Å². The molecule has 1 saturated carbocycles. The summed E-state index contributed by atoms with van der Waals surface area (Å²) in [6, 6.07) is 5.38. The third kappa shape index (κ3) is 5.38. The summed E-state index contributed by atoms with van der Waals surface area (Å²) in [5, 5.41) is 3.85. The number of carbonyl (C=O) groups is 2. The van der Waals surface area contributed by atoms with E-state index in [-0.39, 0.29) is 24.2 Å². The Balaban J connectivity index is 1.75. The number of hydrogen-bond donors (Lipinski definition) is 1. The molecule has 0 bridgehead atoms. The second kappa shape index (κ2) is 9.28. The van der Waals surface area contributed by atoms with Crippen molar-refractivity contribution in [1.82, 2.24) is 10.2 Å². The van der Waals surface area contributed by atoms with Gasteiger partial charge in [0.15, 0.2) is 0 Å². The van der Waals surface area contributed by atoms with E-state index in [1.165, 1.54) is 6.42 Å². The molecule has 0 unspecified atom stereocenters. The van der Waals surface area contributed by atoms with Crippen molar-refractivity contribution >= 4 is 35.0 Å². The van der Waals surface area contributed by atoms with Gasteiger partial charge in [0.1, 0.15) is 0 Å². The summed E-state index contributed by atoms with van der Waals surface area (Å²) in [7, 11) is 1.72. The number of rotatable bonds is 6. The minimum absolute atomic E-state index is 0.0324. The van der Waals surface area contributed by atoms with Gasteiger partial charge in [0.25, 0.3) is 0 Å². The maximum absolute atomic E-state index is 12.2. The summed E-state index contributed by atoms with van der Waals surface area (Å²) in [5.41, 5.74) is 0.811. The van der Waals surface area contributed by atoms with Crippen molar-refractivity contribution in [2.45, 2.75) is 45.1 Å². The Morgan fingerprint density at radius 3 is 2.62 bits per heavy atom. The molecule has 2 amide bonds. The van der Waals surface area contributed by atoms with Crippen molar-refractivity contribution < 1.29 is 9.59 Å². The normalized spacial score (nSPS) is 15.1. The fourth-order valence-corrected chi connectivity index (χ4v) is 3.39. The van der Waals surface area contributed by atoms with E-state index in [4.69, 9.17) is 23.2 Å². The van der Waals surface area contributed by atoms with Crippen LogP contribution in [0.1, 0.15) is 44.1 Å². The molecule has 2 rings (SSSR count). The summed E-state index contributed by atoms with van der Waals surface area (Å²) in [6.45, 7) is 0.774. The molecule has 24 heavy (non-hydrogen) atoms. The second-order valence-electron chi connectivity index (χ2n) is 6.34. The maximum Gasteiger partial charge on any atom is 0.224 e. The monoisotopic (exact) mass is 370 g/mol. The third-order valence-corrected chi connectivity index (χ3v) is 5.34. The van der Waals surface area contributed by atoms with Gasteiger partial charge < -0.3 is 10.2 Å². The fraction of sp³-hybridized carbons (Fsp3) is 0.556. The van der Waals surface area contributed by atoms with Crippen LogP contribution >= 0.6 is 23.2 Å². The maximum atomic E-state index is 12.2. The fourth-order valence-electron chi connectivity index (χ4n) is 3.01. The molecule has 0 saturated heterocycles. The molecule has 6 heteroatoms. The minimum atomic E-state index is -0.0324. The zero-order valence-electron chi connectivity index (χ0n) is 14.0. The summed E-state index contributed by atoms with van der Waals surface area (Å²) in [5.74, 6) is 0.176. The van der Waals surface area contributed by atoms with Gasteiger partial charge in [0.05, 0.1) is 10.0 Å². The van der Waals surface area contributed by atoms with Crippen LogP contribution in [-0.2, 0) is 16.1 Å². The van der Waals surface area contributed by atoms with Crippen molar-refractivity contribution in [3.63, 3.8) is 0 Å². The summed E-state index contributed by atoms with van der Waals surface area (Å²) < 4.78 is 0. The van der Waals surface area contributed by atoms with Gasteiger partial charge in [-0.15, -0.1) is 0 Å². The van der Waals surface area contributed by atoms with Crippen LogP contribution in [0, 0.1) is 5.92 Å². The van der Waals surface area contributed by atoms with E-state index in [0.717, 1.165) is 31.2 Å². The van der Waals surface area contributed by atoms with Gasteiger partial charge in [-0.25, -0.2) is 0 Å². The van der Waals surface area contributed by atoms with Crippen molar-refractivity contribution in [3.05, 3.63) is 33.8 Å². The van der Waals surface area contributed by atoms with Crippen LogP contribution < -0.4 is 5.32 Å². The molecule has 132 valence electrons. The lowest BCUT2D eigenvalue weighted by Crippen LogP contribution is -2.35. The van der Waals surface area contributed by atoms with E-state index in [1.54, 1.807) is 18.0 Å². The quantitative estimate of drug-likeness (QED) is 0.821. The van der Waals surface area contributed by atoms with Crippen LogP contribution in [0.25, 0.3) is 0 Å². The Labute approximate surface area is 153 Å². The first-order valence-corrected chi connectivity index (χ1v) is 9.19. The lowest BCUT2D eigenvalue weighted by Gasteiger charge is -2.21. The van der Waals surface area contributed by atoms with Crippen molar-refractivity contribution in [2.24, 2.45) is 5.92 Å². The van der Waals surface area contributed by atoms with Gasteiger partial charge in [-0.1, -0.05) is 54.6 Å². The number of nitrogens with zero attached hydrogens (tertiary/aromatic N) is 1. The van der Waals surface area contributed by atoms with Gasteiger partial charge in [-0.05, 0) is 24.5 Å². The zero-order chi connectivity index (χ0) is 17.5. The summed E-state index contributed by atoms with van der Waals surface area (Å²) >= 11 is 12.1.